The van der Waals surface area contributed by atoms with Gasteiger partial charge in [-0.05, 0) is 0 Å². The molecular formula is C6H7AsO3S. The van der Waals surface area contributed by atoms with Crippen molar-refractivity contribution in [3.05, 3.63) is 24.3 Å². The van der Waals surface area contributed by atoms with Gasteiger partial charge in [-0.3, -0.25) is 0 Å². The number of hydrogen-bond acceptors (Lipinski definition) is 2. The number of hydrogen-bond donors (Lipinski definition) is 1. The molecule has 1 rings (SSSR count). The molecule has 60 valence electrons. The van der Waals surface area contributed by atoms with E-state index in [1.165, 1.54) is 29.0 Å². The summed E-state index contributed by atoms with van der Waals surface area (Å²) in [5, 5.41) is 0. The fourth-order valence-electron chi connectivity index (χ4n) is 0.640. The van der Waals surface area contributed by atoms with Gasteiger partial charge in [0.15, 0.2) is 0 Å². The van der Waals surface area contributed by atoms with Crippen molar-refractivity contribution in [3.63, 3.8) is 0 Å². The third-order valence-electron chi connectivity index (χ3n) is 1.18. The molecule has 0 heterocycles. The average Bonchev–Trinajstić information content (AvgIpc) is 1.86. The summed E-state index contributed by atoms with van der Waals surface area (Å²) in [7, 11) is -4.01. The second kappa shape index (κ2) is 2.97. The van der Waals surface area contributed by atoms with Gasteiger partial charge in [-0.25, -0.2) is 0 Å². The molecule has 0 aliphatic rings. The Bertz CT molecular complexity index is 341. The maximum absolute atomic E-state index is 10.5. The molecule has 0 aliphatic carbocycles. The Hall–Kier alpha value is -0.312. The molecule has 0 fully saturated rings. The zero-order chi connectivity index (χ0) is 8.48. The van der Waals surface area contributed by atoms with Gasteiger partial charge in [-0.1, -0.05) is 0 Å². The van der Waals surface area contributed by atoms with Crippen molar-refractivity contribution >= 4 is 31.3 Å². The van der Waals surface area contributed by atoms with Crippen LogP contribution in [0.3, 0.4) is 0 Å². The molecule has 1 atom stereocenters. The molecule has 0 aromatic heterocycles. The predicted octanol–water partition coefficient (Wildman–Crippen LogP) is -0.808. The van der Waals surface area contributed by atoms with Gasteiger partial charge in [-0.2, -0.15) is 0 Å². The van der Waals surface area contributed by atoms with Crippen LogP contribution in [0.2, 0.25) is 0 Å². The normalized spacial score (nSPS) is 11.5. The van der Waals surface area contributed by atoms with E-state index in [0.717, 1.165) is 4.35 Å². The molecule has 5 heteroatoms. The van der Waals surface area contributed by atoms with Crippen molar-refractivity contribution in [3.8, 4) is 0 Å². The van der Waals surface area contributed by atoms with Gasteiger partial charge in [0.2, 0.25) is 0 Å². The molecule has 11 heavy (non-hydrogen) atoms. The zero-order valence-corrected chi connectivity index (χ0v) is 8.80. The van der Waals surface area contributed by atoms with Crippen molar-refractivity contribution in [1.82, 2.24) is 0 Å². The van der Waals surface area contributed by atoms with Crippen LogP contribution in [-0.4, -0.2) is 29.8 Å². The minimum absolute atomic E-state index is 0.0566. The average molecular weight is 234 g/mol. The molecule has 1 unspecified atom stereocenters. The van der Waals surface area contributed by atoms with E-state index in [1.807, 2.05) is 0 Å². The monoisotopic (exact) mass is 234 g/mol. The molecule has 0 saturated carbocycles. The van der Waals surface area contributed by atoms with Gasteiger partial charge >= 0.3 is 73.5 Å². The second-order valence-electron chi connectivity index (χ2n) is 2.04. The van der Waals surface area contributed by atoms with Crippen LogP contribution < -0.4 is 4.35 Å². The Labute approximate surface area is 73.7 Å². The quantitative estimate of drug-likeness (QED) is 0.511. The molecular weight excluding hydrogens is 227 g/mol. The number of benzene rings is 1. The Morgan fingerprint density at radius 1 is 1.18 bits per heavy atom. The van der Waals surface area contributed by atoms with Crippen molar-refractivity contribution < 1.29 is 13.0 Å². The molecule has 1 aromatic carbocycles. The van der Waals surface area contributed by atoms with Crippen molar-refractivity contribution in [2.75, 3.05) is 0 Å². The van der Waals surface area contributed by atoms with Crippen LogP contribution in [0.25, 0.3) is 0 Å². The molecule has 1 N–H and O–H groups in total. The summed E-state index contributed by atoms with van der Waals surface area (Å²) in [6, 6.07) is 6.07. The molecule has 0 saturated heterocycles. The van der Waals surface area contributed by atoms with Gasteiger partial charge in [0.1, 0.15) is 0 Å². The molecule has 0 bridgehead atoms. The van der Waals surface area contributed by atoms with Crippen LogP contribution in [-0.2, 0) is 10.1 Å². The molecule has 3 nitrogen and oxygen atoms in total. The Kier molecular flexibility index (Phi) is 2.37. The third-order valence-corrected chi connectivity index (χ3v) is 2.85. The van der Waals surface area contributed by atoms with Crippen LogP contribution in [0.15, 0.2) is 29.2 Å². The topological polar surface area (TPSA) is 54.4 Å². The van der Waals surface area contributed by atoms with Crippen LogP contribution in [0.1, 0.15) is 0 Å². The van der Waals surface area contributed by atoms with E-state index in [9.17, 15) is 8.42 Å². The van der Waals surface area contributed by atoms with E-state index in [-0.39, 0.29) is 4.90 Å². The SMILES string of the molecule is O=S(=O)(O)c1ccc([AsH2])cc1. The molecule has 1 aromatic rings. The van der Waals surface area contributed by atoms with Crippen molar-refractivity contribution in [1.29, 1.82) is 0 Å². The minimum atomic E-state index is -4.01. The second-order valence-corrected chi connectivity index (χ2v) is 4.86. The Morgan fingerprint density at radius 3 is 2.00 bits per heavy atom. The van der Waals surface area contributed by atoms with Crippen LogP contribution in [0, 0.1) is 0 Å². The van der Waals surface area contributed by atoms with Gasteiger partial charge in [0.05, 0.1) is 0 Å². The predicted molar refractivity (Wildman–Crippen MR) is 44.4 cm³/mol. The first kappa shape index (κ1) is 8.78. The van der Waals surface area contributed by atoms with E-state index < -0.39 is 10.1 Å². The molecule has 0 aliphatic heterocycles. The van der Waals surface area contributed by atoms with Crippen LogP contribution >= 0.6 is 0 Å². The third kappa shape index (κ3) is 2.33. The first-order valence-electron chi connectivity index (χ1n) is 2.83. The van der Waals surface area contributed by atoms with Gasteiger partial charge in [-0.15, -0.1) is 0 Å². The fourth-order valence-corrected chi connectivity index (χ4v) is 1.52. The standard InChI is InChI=1S/C6H7AsO3S/c7-5-1-3-6(4-2-5)11(8,9)10/h1-4H,7H2,(H,8,9,10). The van der Waals surface area contributed by atoms with Gasteiger partial charge in [0.25, 0.3) is 0 Å². The Balaban J connectivity index is 3.20. The van der Waals surface area contributed by atoms with Crippen molar-refractivity contribution in [2.45, 2.75) is 4.90 Å². The molecule has 0 radical (unpaired) electrons. The maximum atomic E-state index is 10.5. The first-order valence-corrected chi connectivity index (χ1v) is 5.48. The summed E-state index contributed by atoms with van der Waals surface area (Å²) >= 11 is 1.41. The summed E-state index contributed by atoms with van der Waals surface area (Å²) in [4.78, 5) is -0.0566. The van der Waals surface area contributed by atoms with E-state index in [1.54, 1.807) is 12.1 Å². The zero-order valence-electron chi connectivity index (χ0n) is 5.56. The van der Waals surface area contributed by atoms with E-state index in [2.05, 4.69) is 0 Å². The molecule has 0 amide bonds. The summed E-state index contributed by atoms with van der Waals surface area (Å²) in [5.74, 6) is 0. The molecule has 0 spiro atoms. The van der Waals surface area contributed by atoms with Crippen LogP contribution in [0.4, 0.5) is 0 Å². The first-order chi connectivity index (χ1) is 5.00. The summed E-state index contributed by atoms with van der Waals surface area (Å²) in [6.07, 6.45) is 0. The summed E-state index contributed by atoms with van der Waals surface area (Å²) < 4.78 is 30.6. The van der Waals surface area contributed by atoms with E-state index in [4.69, 9.17) is 4.55 Å². The fraction of sp³-hybridized carbons (Fsp3) is 0. The summed E-state index contributed by atoms with van der Waals surface area (Å²) in [5.41, 5.74) is 0. The van der Waals surface area contributed by atoms with Gasteiger partial charge in [0, 0.05) is 0 Å². The van der Waals surface area contributed by atoms with E-state index >= 15 is 0 Å². The van der Waals surface area contributed by atoms with E-state index in [0.29, 0.717) is 0 Å². The van der Waals surface area contributed by atoms with Crippen molar-refractivity contribution in [2.24, 2.45) is 0 Å². The van der Waals surface area contributed by atoms with Gasteiger partial charge < -0.3 is 0 Å². The van der Waals surface area contributed by atoms with Crippen LogP contribution in [0.5, 0.6) is 0 Å². The number of rotatable bonds is 1. The summed E-state index contributed by atoms with van der Waals surface area (Å²) in [6.45, 7) is 0. The Morgan fingerprint density at radius 2 is 1.64 bits per heavy atom.